The standard InChI is InChI=1S/C31H63N/c1-5-9-13-17-21-25-29-32(30-26-22-18-14-10-6-2)31(27-23-19-15-11-7-3)28-24-20-16-12-8-4/h15,19,31H,5-14,16-18,20-30H2,1-4H3. The largest absolute Gasteiger partial charge is 0.300 e. The number of hydrogen-bond donors (Lipinski definition) is 0. The molecule has 0 aliphatic carbocycles. The second kappa shape index (κ2) is 26.9. The molecule has 1 unspecified atom stereocenters. The molecule has 0 aromatic carbocycles. The third-order valence-corrected chi connectivity index (χ3v) is 7.04. The highest BCUT2D eigenvalue weighted by Gasteiger charge is 2.17. The zero-order valence-corrected chi connectivity index (χ0v) is 23.1. The highest BCUT2D eigenvalue weighted by molar-refractivity contribution is 4.84. The Morgan fingerprint density at radius 2 is 0.875 bits per heavy atom. The van der Waals surface area contributed by atoms with Gasteiger partial charge in [-0.2, -0.15) is 0 Å². The van der Waals surface area contributed by atoms with Crippen molar-refractivity contribution in [3.63, 3.8) is 0 Å². The van der Waals surface area contributed by atoms with Crippen LogP contribution in [0.5, 0.6) is 0 Å². The Bertz CT molecular complexity index is 345. The first-order valence-corrected chi connectivity index (χ1v) is 15.2. The van der Waals surface area contributed by atoms with Crippen molar-refractivity contribution in [2.45, 2.75) is 175 Å². The predicted molar refractivity (Wildman–Crippen MR) is 149 cm³/mol. The molecule has 0 aromatic rings. The van der Waals surface area contributed by atoms with Crippen LogP contribution in [0.15, 0.2) is 12.2 Å². The predicted octanol–water partition coefficient (Wildman–Crippen LogP) is 10.9. The maximum Gasteiger partial charge on any atom is 0.00982 e. The van der Waals surface area contributed by atoms with Crippen molar-refractivity contribution in [3.8, 4) is 0 Å². The van der Waals surface area contributed by atoms with Gasteiger partial charge < -0.3 is 4.90 Å². The Kier molecular flexibility index (Phi) is 26.7. The maximum absolute atomic E-state index is 2.94. The lowest BCUT2D eigenvalue weighted by molar-refractivity contribution is 0.167. The first-order valence-electron chi connectivity index (χ1n) is 15.2. The van der Waals surface area contributed by atoms with Crippen molar-refractivity contribution in [2.24, 2.45) is 0 Å². The van der Waals surface area contributed by atoms with Crippen molar-refractivity contribution in [2.75, 3.05) is 13.1 Å². The van der Waals surface area contributed by atoms with Crippen molar-refractivity contribution >= 4 is 0 Å². The summed E-state index contributed by atoms with van der Waals surface area (Å²) in [5.41, 5.74) is 0. The summed E-state index contributed by atoms with van der Waals surface area (Å²) < 4.78 is 0. The van der Waals surface area contributed by atoms with E-state index in [2.05, 4.69) is 44.7 Å². The van der Waals surface area contributed by atoms with Gasteiger partial charge in [0.2, 0.25) is 0 Å². The van der Waals surface area contributed by atoms with E-state index in [4.69, 9.17) is 0 Å². The van der Waals surface area contributed by atoms with E-state index in [1.54, 1.807) is 0 Å². The van der Waals surface area contributed by atoms with Gasteiger partial charge >= 0.3 is 0 Å². The van der Waals surface area contributed by atoms with E-state index < -0.39 is 0 Å². The van der Waals surface area contributed by atoms with Gasteiger partial charge in [0, 0.05) is 6.04 Å². The first-order chi connectivity index (χ1) is 15.8. The van der Waals surface area contributed by atoms with E-state index in [1.165, 1.54) is 154 Å². The van der Waals surface area contributed by atoms with Crippen molar-refractivity contribution in [3.05, 3.63) is 12.2 Å². The Morgan fingerprint density at radius 3 is 1.38 bits per heavy atom. The Labute approximate surface area is 205 Å². The zero-order chi connectivity index (χ0) is 23.5. The zero-order valence-electron chi connectivity index (χ0n) is 23.1. The van der Waals surface area contributed by atoms with E-state index >= 15 is 0 Å². The fourth-order valence-corrected chi connectivity index (χ4v) is 4.85. The molecule has 0 saturated heterocycles. The SMILES string of the molecule is CCCC=CCCC(CCCCCCC)N(CCCCCCCC)CCCCCCCC. The Balaban J connectivity index is 4.69. The molecular formula is C31H63N. The van der Waals surface area contributed by atoms with Gasteiger partial charge in [0.05, 0.1) is 0 Å². The monoisotopic (exact) mass is 449 g/mol. The van der Waals surface area contributed by atoms with Gasteiger partial charge in [-0.1, -0.05) is 143 Å². The Hall–Kier alpha value is -0.300. The summed E-state index contributed by atoms with van der Waals surface area (Å²) in [6.45, 7) is 11.9. The van der Waals surface area contributed by atoms with Crippen LogP contribution in [-0.2, 0) is 0 Å². The summed E-state index contributed by atoms with van der Waals surface area (Å²) in [5, 5.41) is 0. The fraction of sp³-hybridized carbons (Fsp3) is 0.935. The summed E-state index contributed by atoms with van der Waals surface area (Å²) in [6, 6.07) is 0.814. The summed E-state index contributed by atoms with van der Waals surface area (Å²) in [5.74, 6) is 0. The second-order valence-corrected chi connectivity index (χ2v) is 10.3. The molecule has 0 aliphatic rings. The average molecular weight is 450 g/mol. The molecule has 0 rings (SSSR count). The van der Waals surface area contributed by atoms with Gasteiger partial charge in [-0.25, -0.2) is 0 Å². The van der Waals surface area contributed by atoms with Gasteiger partial charge in [0.25, 0.3) is 0 Å². The van der Waals surface area contributed by atoms with Gasteiger partial charge in [0.1, 0.15) is 0 Å². The van der Waals surface area contributed by atoms with Crippen LogP contribution in [0.25, 0.3) is 0 Å². The average Bonchev–Trinajstić information content (AvgIpc) is 2.80. The van der Waals surface area contributed by atoms with E-state index in [0.717, 1.165) is 6.04 Å². The van der Waals surface area contributed by atoms with Crippen molar-refractivity contribution < 1.29 is 0 Å². The summed E-state index contributed by atoms with van der Waals surface area (Å²) in [4.78, 5) is 2.94. The van der Waals surface area contributed by atoms with Crippen LogP contribution in [0.3, 0.4) is 0 Å². The fourth-order valence-electron chi connectivity index (χ4n) is 4.85. The molecule has 0 amide bonds. The van der Waals surface area contributed by atoms with E-state index in [-0.39, 0.29) is 0 Å². The minimum absolute atomic E-state index is 0.814. The van der Waals surface area contributed by atoms with Crippen molar-refractivity contribution in [1.29, 1.82) is 0 Å². The van der Waals surface area contributed by atoms with Crippen LogP contribution < -0.4 is 0 Å². The lowest BCUT2D eigenvalue weighted by Gasteiger charge is -2.32. The van der Waals surface area contributed by atoms with Crippen LogP contribution in [0.2, 0.25) is 0 Å². The highest BCUT2D eigenvalue weighted by atomic mass is 15.1. The lowest BCUT2D eigenvalue weighted by atomic mass is 9.99. The number of hydrogen-bond acceptors (Lipinski definition) is 1. The Morgan fingerprint density at radius 1 is 0.438 bits per heavy atom. The number of unbranched alkanes of at least 4 members (excludes halogenated alkanes) is 15. The smallest absolute Gasteiger partial charge is 0.00982 e. The van der Waals surface area contributed by atoms with Crippen LogP contribution in [0, 0.1) is 0 Å². The number of allylic oxidation sites excluding steroid dienone is 2. The lowest BCUT2D eigenvalue weighted by Crippen LogP contribution is -2.37. The maximum atomic E-state index is 2.94. The summed E-state index contributed by atoms with van der Waals surface area (Å²) in [7, 11) is 0. The van der Waals surface area contributed by atoms with Gasteiger partial charge in [0.15, 0.2) is 0 Å². The first kappa shape index (κ1) is 31.7. The van der Waals surface area contributed by atoms with E-state index in [9.17, 15) is 0 Å². The third-order valence-electron chi connectivity index (χ3n) is 7.04. The molecule has 192 valence electrons. The topological polar surface area (TPSA) is 3.24 Å². The molecule has 1 heteroatoms. The molecule has 1 atom stereocenters. The molecule has 0 N–H and O–H groups in total. The number of nitrogens with zero attached hydrogens (tertiary/aromatic N) is 1. The molecule has 0 bridgehead atoms. The molecule has 0 fully saturated rings. The molecule has 32 heavy (non-hydrogen) atoms. The van der Waals surface area contributed by atoms with Crippen molar-refractivity contribution in [1.82, 2.24) is 4.90 Å². The quantitative estimate of drug-likeness (QED) is 0.0937. The van der Waals surface area contributed by atoms with Crippen LogP contribution in [0.1, 0.15) is 169 Å². The molecule has 0 heterocycles. The molecule has 0 aromatic heterocycles. The van der Waals surface area contributed by atoms with Gasteiger partial charge in [-0.3, -0.25) is 0 Å². The van der Waals surface area contributed by atoms with Gasteiger partial charge in [-0.05, 0) is 51.6 Å². The second-order valence-electron chi connectivity index (χ2n) is 10.3. The molecule has 1 nitrogen and oxygen atoms in total. The van der Waals surface area contributed by atoms with E-state index in [1.807, 2.05) is 0 Å². The summed E-state index contributed by atoms with van der Waals surface area (Å²) in [6.07, 6.45) is 35.6. The minimum Gasteiger partial charge on any atom is -0.300 e. The van der Waals surface area contributed by atoms with Gasteiger partial charge in [-0.15, -0.1) is 0 Å². The molecule has 0 spiro atoms. The molecular weight excluding hydrogens is 386 g/mol. The molecule has 0 aliphatic heterocycles. The number of rotatable bonds is 26. The highest BCUT2D eigenvalue weighted by Crippen LogP contribution is 2.20. The minimum atomic E-state index is 0.814. The molecule has 0 radical (unpaired) electrons. The normalized spacial score (nSPS) is 12.9. The van der Waals surface area contributed by atoms with Crippen LogP contribution >= 0.6 is 0 Å². The van der Waals surface area contributed by atoms with Crippen LogP contribution in [0.4, 0.5) is 0 Å². The molecule has 0 saturated carbocycles. The summed E-state index contributed by atoms with van der Waals surface area (Å²) >= 11 is 0. The van der Waals surface area contributed by atoms with Crippen LogP contribution in [-0.4, -0.2) is 24.0 Å². The third kappa shape index (κ3) is 21.5. The van der Waals surface area contributed by atoms with E-state index in [0.29, 0.717) is 0 Å².